The number of halogens is 1. The Morgan fingerprint density at radius 2 is 1.71 bits per heavy atom. The van der Waals surface area contributed by atoms with Crippen molar-refractivity contribution in [2.24, 2.45) is 11.3 Å². The first-order valence-electron chi connectivity index (χ1n) is 5.98. The van der Waals surface area contributed by atoms with Gasteiger partial charge in [0, 0.05) is 6.54 Å². The first-order valence-corrected chi connectivity index (χ1v) is 6.36. The Morgan fingerprint density at radius 3 is 2.24 bits per heavy atom. The first kappa shape index (κ1) is 14.2. The largest absolute Gasteiger partial charge is 0.367 e. The lowest BCUT2D eigenvalue weighted by atomic mass is 9.81. The van der Waals surface area contributed by atoms with E-state index in [-0.39, 0.29) is 5.41 Å². The molecule has 0 bridgehead atoms. The van der Waals surface area contributed by atoms with Gasteiger partial charge in [-0.05, 0) is 25.2 Å². The second-order valence-corrected chi connectivity index (χ2v) is 5.89. The summed E-state index contributed by atoms with van der Waals surface area (Å²) < 4.78 is 0. The fourth-order valence-electron chi connectivity index (χ4n) is 1.20. The van der Waals surface area contributed by atoms with Crippen LogP contribution in [0, 0.1) is 25.2 Å². The minimum atomic E-state index is 0.198. The summed E-state index contributed by atoms with van der Waals surface area (Å²) in [6.45, 7) is 13.6. The van der Waals surface area contributed by atoms with Crippen LogP contribution in [0.25, 0.3) is 0 Å². The molecule has 17 heavy (non-hydrogen) atoms. The Balaban J connectivity index is 2.80. The van der Waals surface area contributed by atoms with Gasteiger partial charge in [-0.15, -0.1) is 0 Å². The Morgan fingerprint density at radius 1 is 1.18 bits per heavy atom. The molecule has 0 radical (unpaired) electrons. The van der Waals surface area contributed by atoms with E-state index >= 15 is 0 Å². The molecule has 0 unspecified atom stereocenters. The fraction of sp³-hybridized carbons (Fsp3) is 0.692. The van der Waals surface area contributed by atoms with Crippen molar-refractivity contribution < 1.29 is 0 Å². The van der Waals surface area contributed by atoms with Crippen LogP contribution < -0.4 is 5.32 Å². The predicted molar refractivity (Wildman–Crippen MR) is 73.6 cm³/mol. The van der Waals surface area contributed by atoms with Crippen molar-refractivity contribution in [2.75, 3.05) is 11.9 Å². The molecule has 1 aromatic rings. The molecule has 0 aliphatic carbocycles. The molecule has 96 valence electrons. The SMILES string of the molecule is Cc1nc(Cl)c(NCC(C)(C)C(C)C)nc1C. The van der Waals surface area contributed by atoms with Crippen molar-refractivity contribution in [1.82, 2.24) is 9.97 Å². The number of rotatable bonds is 4. The third-order valence-corrected chi connectivity index (χ3v) is 3.80. The minimum absolute atomic E-state index is 0.198. The highest BCUT2D eigenvalue weighted by molar-refractivity contribution is 6.31. The second-order valence-electron chi connectivity index (χ2n) is 5.53. The molecule has 1 rings (SSSR count). The maximum atomic E-state index is 6.07. The third kappa shape index (κ3) is 3.56. The van der Waals surface area contributed by atoms with Gasteiger partial charge in [0.15, 0.2) is 11.0 Å². The van der Waals surface area contributed by atoms with Crippen LogP contribution in [0.3, 0.4) is 0 Å². The molecule has 1 N–H and O–H groups in total. The first-order chi connectivity index (χ1) is 7.74. The second kappa shape index (κ2) is 5.21. The van der Waals surface area contributed by atoms with E-state index in [1.54, 1.807) is 0 Å². The summed E-state index contributed by atoms with van der Waals surface area (Å²) in [6.07, 6.45) is 0. The molecule has 0 amide bonds. The highest BCUT2D eigenvalue weighted by atomic mass is 35.5. The molecule has 0 spiro atoms. The number of aromatic nitrogens is 2. The van der Waals surface area contributed by atoms with Gasteiger partial charge in [-0.2, -0.15) is 0 Å². The normalized spacial score (nSPS) is 12.0. The predicted octanol–water partition coefficient (Wildman–Crippen LogP) is 3.84. The number of nitrogens with zero attached hydrogens (tertiary/aromatic N) is 2. The lowest BCUT2D eigenvalue weighted by Crippen LogP contribution is -2.29. The third-order valence-electron chi connectivity index (χ3n) is 3.54. The summed E-state index contributed by atoms with van der Waals surface area (Å²) in [5, 5.41) is 3.75. The molecule has 0 aliphatic rings. The average molecular weight is 256 g/mol. The molecule has 0 aliphatic heterocycles. The smallest absolute Gasteiger partial charge is 0.171 e. The zero-order valence-corrected chi connectivity index (χ0v) is 12.3. The van der Waals surface area contributed by atoms with Crippen LogP contribution in [0.1, 0.15) is 39.1 Å². The molecule has 0 aromatic carbocycles. The quantitative estimate of drug-likeness (QED) is 0.888. The van der Waals surface area contributed by atoms with Gasteiger partial charge in [-0.3, -0.25) is 0 Å². The van der Waals surface area contributed by atoms with E-state index in [9.17, 15) is 0 Å². The van der Waals surface area contributed by atoms with Crippen molar-refractivity contribution >= 4 is 17.4 Å². The zero-order valence-electron chi connectivity index (χ0n) is 11.6. The molecule has 1 aromatic heterocycles. The van der Waals surface area contributed by atoms with Gasteiger partial charge in [0.05, 0.1) is 11.4 Å². The standard InChI is InChI=1S/C13H22ClN3/c1-8(2)13(5,6)7-15-12-11(14)16-9(3)10(4)17-12/h8H,7H2,1-6H3,(H,15,17). The van der Waals surface area contributed by atoms with Crippen molar-refractivity contribution in [2.45, 2.75) is 41.5 Å². The monoisotopic (exact) mass is 255 g/mol. The van der Waals surface area contributed by atoms with E-state index in [0.29, 0.717) is 16.9 Å². The summed E-state index contributed by atoms with van der Waals surface area (Å²) in [5.74, 6) is 1.27. The van der Waals surface area contributed by atoms with E-state index in [0.717, 1.165) is 17.9 Å². The molecular formula is C13H22ClN3. The highest BCUT2D eigenvalue weighted by Crippen LogP contribution is 2.27. The summed E-state index contributed by atoms with van der Waals surface area (Å²) >= 11 is 6.07. The molecule has 3 nitrogen and oxygen atoms in total. The molecule has 0 fully saturated rings. The van der Waals surface area contributed by atoms with Crippen LogP contribution in [0.5, 0.6) is 0 Å². The van der Waals surface area contributed by atoms with Gasteiger partial charge in [0.2, 0.25) is 0 Å². The van der Waals surface area contributed by atoms with Crippen LogP contribution in [-0.2, 0) is 0 Å². The summed E-state index contributed by atoms with van der Waals surface area (Å²) in [6, 6.07) is 0. The summed E-state index contributed by atoms with van der Waals surface area (Å²) in [5.41, 5.74) is 1.99. The van der Waals surface area contributed by atoms with Crippen LogP contribution in [0.4, 0.5) is 5.82 Å². The number of hydrogen-bond acceptors (Lipinski definition) is 3. The fourth-order valence-corrected chi connectivity index (χ4v) is 1.44. The Bertz CT molecular complexity index is 400. The van der Waals surface area contributed by atoms with Crippen molar-refractivity contribution in [3.8, 4) is 0 Å². The Kier molecular flexibility index (Phi) is 4.36. The van der Waals surface area contributed by atoms with Crippen LogP contribution in [-0.4, -0.2) is 16.5 Å². The molecule has 4 heteroatoms. The number of hydrogen-bond donors (Lipinski definition) is 1. The van der Waals surface area contributed by atoms with Gasteiger partial charge < -0.3 is 5.32 Å². The van der Waals surface area contributed by atoms with E-state index in [2.05, 4.69) is 43.0 Å². The lowest BCUT2D eigenvalue weighted by Gasteiger charge is -2.29. The Labute approximate surface area is 109 Å². The number of anilines is 1. The van der Waals surface area contributed by atoms with Crippen LogP contribution in [0.2, 0.25) is 5.15 Å². The van der Waals surface area contributed by atoms with Crippen molar-refractivity contribution in [3.05, 3.63) is 16.5 Å². The molecule has 0 saturated carbocycles. The van der Waals surface area contributed by atoms with Gasteiger partial charge in [-0.25, -0.2) is 9.97 Å². The van der Waals surface area contributed by atoms with Crippen molar-refractivity contribution in [3.63, 3.8) is 0 Å². The molecule has 0 atom stereocenters. The maximum absolute atomic E-state index is 6.07. The van der Waals surface area contributed by atoms with Crippen LogP contribution >= 0.6 is 11.6 Å². The topological polar surface area (TPSA) is 37.8 Å². The molecule has 1 heterocycles. The highest BCUT2D eigenvalue weighted by Gasteiger charge is 2.22. The summed E-state index contributed by atoms with van der Waals surface area (Å²) in [4.78, 5) is 8.69. The summed E-state index contributed by atoms with van der Waals surface area (Å²) in [7, 11) is 0. The van der Waals surface area contributed by atoms with Gasteiger partial charge in [0.25, 0.3) is 0 Å². The van der Waals surface area contributed by atoms with Gasteiger partial charge >= 0.3 is 0 Å². The van der Waals surface area contributed by atoms with E-state index in [1.165, 1.54) is 0 Å². The van der Waals surface area contributed by atoms with E-state index in [1.807, 2.05) is 13.8 Å². The lowest BCUT2D eigenvalue weighted by molar-refractivity contribution is 0.269. The van der Waals surface area contributed by atoms with Crippen LogP contribution in [0.15, 0.2) is 0 Å². The maximum Gasteiger partial charge on any atom is 0.171 e. The number of aryl methyl sites for hydroxylation is 2. The molecular weight excluding hydrogens is 234 g/mol. The number of nitrogens with one attached hydrogen (secondary N) is 1. The van der Waals surface area contributed by atoms with Gasteiger partial charge in [-0.1, -0.05) is 39.3 Å². The van der Waals surface area contributed by atoms with Gasteiger partial charge in [0.1, 0.15) is 0 Å². The van der Waals surface area contributed by atoms with Crippen molar-refractivity contribution in [1.29, 1.82) is 0 Å². The van der Waals surface area contributed by atoms with E-state index in [4.69, 9.17) is 11.6 Å². The zero-order chi connectivity index (χ0) is 13.2. The average Bonchev–Trinajstić information content (AvgIpc) is 2.21. The Hall–Kier alpha value is -0.830. The minimum Gasteiger partial charge on any atom is -0.367 e. The van der Waals surface area contributed by atoms with E-state index < -0.39 is 0 Å². The molecule has 0 saturated heterocycles.